The molecular weight excluding hydrogens is 768 g/mol. The Kier molecular flexibility index (Phi) is 44.8. The molecule has 0 aromatic heterocycles. The summed E-state index contributed by atoms with van der Waals surface area (Å²) in [6.07, 6.45) is 60.6. The predicted molar refractivity (Wildman–Crippen MR) is 258 cm³/mol. The Morgan fingerprint density at radius 1 is 0.567 bits per heavy atom. The molecule has 0 rings (SSSR count). The number of nitrogens with one attached hydrogen (secondary N) is 1. The van der Waals surface area contributed by atoms with Gasteiger partial charge < -0.3 is 21.1 Å². The summed E-state index contributed by atoms with van der Waals surface area (Å²) in [7, 11) is -4.33. The third-order valence-electron chi connectivity index (χ3n) is 10.6. The van der Waals surface area contributed by atoms with Crippen molar-refractivity contribution in [2.45, 2.75) is 225 Å². The van der Waals surface area contributed by atoms with Gasteiger partial charge in [-0.05, 0) is 64.2 Å². The molecule has 0 aliphatic heterocycles. The summed E-state index contributed by atoms with van der Waals surface area (Å²) in [5.41, 5.74) is 5.39. The molecule has 0 spiro atoms. The van der Waals surface area contributed by atoms with E-state index >= 15 is 0 Å². The zero-order valence-corrected chi connectivity index (χ0v) is 39.6. The summed E-state index contributed by atoms with van der Waals surface area (Å²) in [5.74, 6) is -0.187. The molecule has 0 aliphatic carbocycles. The molecule has 0 fully saturated rings. The first-order chi connectivity index (χ1) is 29.4. The summed E-state index contributed by atoms with van der Waals surface area (Å²) in [6, 6.07) is -0.793. The van der Waals surface area contributed by atoms with E-state index in [1.165, 1.54) is 96.3 Å². The van der Waals surface area contributed by atoms with Gasteiger partial charge in [-0.15, -0.1) is 0 Å². The second-order valence-corrected chi connectivity index (χ2v) is 17.7. The third kappa shape index (κ3) is 44.0. The Balaban J connectivity index is 4.17. The Morgan fingerprint density at radius 3 is 1.42 bits per heavy atom. The van der Waals surface area contributed by atoms with Crippen LogP contribution in [0.2, 0.25) is 0 Å². The molecule has 0 saturated carbocycles. The standard InChI is InChI=1S/C51H93N2O6P/c1-3-5-7-9-11-13-15-17-19-21-23-24-25-26-27-29-31-33-35-37-39-41-43-45-51(55)53-49(48-59-60(56,57)58-47-46-52)50(54)44-42-40-38-36-34-32-30-28-22-20-18-16-14-12-10-8-6-4-2/h5,7,11,13,17,19,23-24,26-27,31,33,49-50,54H,3-4,6,8-10,12,14-16,18,20-22,25,28-30,32,34-48,52H2,1-2H3,(H,53,55)(H,56,57)/b7-5-,13-11-,19-17-,24-23-,27-26-,33-31-. The zero-order chi connectivity index (χ0) is 43.9. The van der Waals surface area contributed by atoms with Crippen molar-refractivity contribution >= 4 is 13.7 Å². The molecule has 0 bridgehead atoms. The molecule has 0 aromatic carbocycles. The first-order valence-electron chi connectivity index (χ1n) is 24.6. The van der Waals surface area contributed by atoms with E-state index in [2.05, 4.69) is 92.1 Å². The van der Waals surface area contributed by atoms with E-state index in [1.54, 1.807) is 0 Å². The Morgan fingerprint density at radius 2 is 0.967 bits per heavy atom. The average molecular weight is 861 g/mol. The van der Waals surface area contributed by atoms with E-state index in [-0.39, 0.29) is 25.7 Å². The van der Waals surface area contributed by atoms with Crippen LogP contribution in [0.15, 0.2) is 72.9 Å². The van der Waals surface area contributed by atoms with Crippen molar-refractivity contribution in [1.82, 2.24) is 5.32 Å². The summed E-state index contributed by atoms with van der Waals surface area (Å²) in [4.78, 5) is 22.8. The van der Waals surface area contributed by atoms with Crippen LogP contribution in [0.4, 0.5) is 0 Å². The number of phosphoric acid groups is 1. The SMILES string of the molecule is CC/C=C\C/C=C\C/C=C\C/C=C\C/C=C\C/C=C\CCCCCCC(=O)NC(COP(=O)(O)OCCN)C(O)CCCCCCCCCCCCCCCCCCCC. The molecule has 3 atom stereocenters. The number of allylic oxidation sites excluding steroid dienone is 12. The molecule has 1 amide bonds. The lowest BCUT2D eigenvalue weighted by Gasteiger charge is -2.25. The van der Waals surface area contributed by atoms with Crippen molar-refractivity contribution in [1.29, 1.82) is 0 Å². The minimum absolute atomic E-state index is 0.0808. The smallest absolute Gasteiger partial charge is 0.391 e. The van der Waals surface area contributed by atoms with E-state index in [0.29, 0.717) is 12.8 Å². The average Bonchev–Trinajstić information content (AvgIpc) is 3.24. The monoisotopic (exact) mass is 861 g/mol. The summed E-state index contributed by atoms with van der Waals surface area (Å²) in [6.45, 7) is 4.08. The van der Waals surface area contributed by atoms with Crippen LogP contribution in [0.25, 0.3) is 0 Å². The fraction of sp³-hybridized carbons (Fsp3) is 0.745. The largest absolute Gasteiger partial charge is 0.472 e. The van der Waals surface area contributed by atoms with Crippen LogP contribution in [0.3, 0.4) is 0 Å². The van der Waals surface area contributed by atoms with Crippen LogP contribution in [0.5, 0.6) is 0 Å². The summed E-state index contributed by atoms with van der Waals surface area (Å²) in [5, 5.41) is 13.8. The fourth-order valence-corrected chi connectivity index (χ4v) is 7.66. The topological polar surface area (TPSA) is 131 Å². The highest BCUT2D eigenvalue weighted by molar-refractivity contribution is 7.47. The second kappa shape index (κ2) is 46.4. The predicted octanol–water partition coefficient (Wildman–Crippen LogP) is 14.4. The number of aliphatic hydroxyl groups excluding tert-OH is 1. The number of nitrogens with two attached hydrogens (primary N) is 1. The van der Waals surface area contributed by atoms with Crippen LogP contribution >= 0.6 is 7.82 Å². The number of carbonyl (C=O) groups excluding carboxylic acids is 1. The molecule has 0 saturated heterocycles. The van der Waals surface area contributed by atoms with Gasteiger partial charge in [-0.1, -0.05) is 215 Å². The van der Waals surface area contributed by atoms with Crippen molar-refractivity contribution in [2.75, 3.05) is 19.8 Å². The van der Waals surface area contributed by atoms with Crippen molar-refractivity contribution in [2.24, 2.45) is 5.73 Å². The minimum atomic E-state index is -4.33. The molecule has 8 nitrogen and oxygen atoms in total. The van der Waals surface area contributed by atoms with E-state index in [4.69, 9.17) is 14.8 Å². The third-order valence-corrected chi connectivity index (χ3v) is 11.6. The van der Waals surface area contributed by atoms with Gasteiger partial charge in [-0.25, -0.2) is 4.57 Å². The lowest BCUT2D eigenvalue weighted by atomic mass is 10.0. The molecule has 60 heavy (non-hydrogen) atoms. The van der Waals surface area contributed by atoms with Crippen molar-refractivity contribution in [3.63, 3.8) is 0 Å². The van der Waals surface area contributed by atoms with Gasteiger partial charge in [-0.2, -0.15) is 0 Å². The normalized spacial score (nSPS) is 14.6. The molecule has 5 N–H and O–H groups in total. The van der Waals surface area contributed by atoms with Crippen LogP contribution in [0, 0.1) is 0 Å². The van der Waals surface area contributed by atoms with Crippen molar-refractivity contribution in [3.05, 3.63) is 72.9 Å². The van der Waals surface area contributed by atoms with Gasteiger partial charge in [0.15, 0.2) is 0 Å². The van der Waals surface area contributed by atoms with Crippen LogP contribution in [-0.2, 0) is 18.4 Å². The van der Waals surface area contributed by atoms with Gasteiger partial charge in [0.05, 0.1) is 25.4 Å². The van der Waals surface area contributed by atoms with E-state index in [1.807, 2.05) is 0 Å². The Labute approximate surface area is 369 Å². The van der Waals surface area contributed by atoms with Crippen LogP contribution < -0.4 is 11.1 Å². The lowest BCUT2D eigenvalue weighted by molar-refractivity contribution is -0.123. The highest BCUT2D eigenvalue weighted by Gasteiger charge is 2.27. The van der Waals surface area contributed by atoms with Crippen molar-refractivity contribution < 1.29 is 28.4 Å². The molecule has 3 unspecified atom stereocenters. The Bertz CT molecular complexity index is 1170. The van der Waals surface area contributed by atoms with Crippen LogP contribution in [-0.4, -0.2) is 47.8 Å². The summed E-state index contributed by atoms with van der Waals surface area (Å²) < 4.78 is 22.3. The number of carbonyl (C=O) groups is 1. The van der Waals surface area contributed by atoms with Gasteiger partial charge in [0.25, 0.3) is 0 Å². The summed E-state index contributed by atoms with van der Waals surface area (Å²) >= 11 is 0. The molecule has 0 aromatic rings. The number of aliphatic hydroxyl groups is 1. The van der Waals surface area contributed by atoms with Crippen molar-refractivity contribution in [3.8, 4) is 0 Å². The second-order valence-electron chi connectivity index (χ2n) is 16.3. The fourth-order valence-electron chi connectivity index (χ4n) is 6.90. The maximum absolute atomic E-state index is 12.8. The minimum Gasteiger partial charge on any atom is -0.391 e. The molecular formula is C51H93N2O6P. The van der Waals surface area contributed by atoms with Gasteiger partial charge in [0.2, 0.25) is 5.91 Å². The molecule has 0 aliphatic rings. The maximum Gasteiger partial charge on any atom is 0.472 e. The molecule has 9 heteroatoms. The van der Waals surface area contributed by atoms with E-state index in [9.17, 15) is 19.4 Å². The molecule has 0 radical (unpaired) electrons. The van der Waals surface area contributed by atoms with Gasteiger partial charge in [0.1, 0.15) is 0 Å². The Hall–Kier alpha value is -2.06. The first-order valence-corrected chi connectivity index (χ1v) is 26.0. The number of unbranched alkanes of at least 4 members (excludes halogenated alkanes) is 21. The quantitative estimate of drug-likeness (QED) is 0.0272. The highest BCUT2D eigenvalue weighted by atomic mass is 31.2. The van der Waals surface area contributed by atoms with E-state index in [0.717, 1.165) is 89.9 Å². The number of rotatable bonds is 45. The first kappa shape index (κ1) is 57.9. The lowest BCUT2D eigenvalue weighted by Crippen LogP contribution is -2.46. The molecule has 348 valence electrons. The zero-order valence-electron chi connectivity index (χ0n) is 38.7. The number of hydrogen-bond acceptors (Lipinski definition) is 6. The molecule has 0 heterocycles. The van der Waals surface area contributed by atoms with Gasteiger partial charge in [-0.3, -0.25) is 13.8 Å². The number of hydrogen-bond donors (Lipinski definition) is 4. The van der Waals surface area contributed by atoms with Gasteiger partial charge >= 0.3 is 7.82 Å². The van der Waals surface area contributed by atoms with Gasteiger partial charge in [0, 0.05) is 13.0 Å². The highest BCUT2D eigenvalue weighted by Crippen LogP contribution is 2.43. The number of phosphoric ester groups is 1. The van der Waals surface area contributed by atoms with E-state index < -0.39 is 20.0 Å². The van der Waals surface area contributed by atoms with Crippen LogP contribution in [0.1, 0.15) is 213 Å². The maximum atomic E-state index is 12.8. The number of amides is 1.